The van der Waals surface area contributed by atoms with Gasteiger partial charge in [0.05, 0.1) is 18.8 Å². The van der Waals surface area contributed by atoms with Gasteiger partial charge in [-0.2, -0.15) is 0 Å². The van der Waals surface area contributed by atoms with Crippen LogP contribution in [0.2, 0.25) is 0 Å². The summed E-state index contributed by atoms with van der Waals surface area (Å²) in [6.07, 6.45) is -1.34. The monoisotopic (exact) mass is 211 g/mol. The van der Waals surface area contributed by atoms with Gasteiger partial charge in [0.2, 0.25) is 0 Å². The van der Waals surface area contributed by atoms with Crippen molar-refractivity contribution in [2.24, 2.45) is 0 Å². The predicted octanol–water partition coefficient (Wildman–Crippen LogP) is 0.505. The molecule has 84 valence electrons. The van der Waals surface area contributed by atoms with Crippen molar-refractivity contribution < 1.29 is 15.3 Å². The first-order chi connectivity index (χ1) is 7.15. The SMILES string of the molecule is CC(O)c1ccccc1NCC(O)CO. The first-order valence-electron chi connectivity index (χ1n) is 4.95. The van der Waals surface area contributed by atoms with Gasteiger partial charge in [0, 0.05) is 17.8 Å². The summed E-state index contributed by atoms with van der Waals surface area (Å²) < 4.78 is 0. The van der Waals surface area contributed by atoms with E-state index in [1.165, 1.54) is 0 Å². The molecule has 1 rings (SSSR count). The molecule has 2 atom stereocenters. The molecule has 0 aliphatic heterocycles. The molecule has 0 amide bonds. The molecule has 0 aliphatic carbocycles. The number of rotatable bonds is 5. The van der Waals surface area contributed by atoms with Crippen molar-refractivity contribution in [1.29, 1.82) is 0 Å². The van der Waals surface area contributed by atoms with Crippen LogP contribution in [0.5, 0.6) is 0 Å². The standard InChI is InChI=1S/C11H17NO3/c1-8(14)10-4-2-3-5-11(10)12-6-9(15)7-13/h2-5,8-9,12-15H,6-7H2,1H3. The molecular formula is C11H17NO3. The highest BCUT2D eigenvalue weighted by Crippen LogP contribution is 2.21. The van der Waals surface area contributed by atoms with Crippen molar-refractivity contribution in [2.75, 3.05) is 18.5 Å². The number of aliphatic hydroxyl groups is 3. The van der Waals surface area contributed by atoms with E-state index in [1.54, 1.807) is 6.92 Å². The summed E-state index contributed by atoms with van der Waals surface area (Å²) >= 11 is 0. The lowest BCUT2D eigenvalue weighted by Crippen LogP contribution is -2.23. The van der Waals surface area contributed by atoms with Crippen LogP contribution < -0.4 is 5.32 Å². The minimum absolute atomic E-state index is 0.264. The Labute approximate surface area is 89.2 Å². The molecule has 0 bridgehead atoms. The fraction of sp³-hybridized carbons (Fsp3) is 0.455. The van der Waals surface area contributed by atoms with Crippen molar-refractivity contribution in [1.82, 2.24) is 0 Å². The summed E-state index contributed by atoms with van der Waals surface area (Å²) in [7, 11) is 0. The van der Waals surface area contributed by atoms with Gasteiger partial charge < -0.3 is 20.6 Å². The van der Waals surface area contributed by atoms with Crippen LogP contribution >= 0.6 is 0 Å². The fourth-order valence-corrected chi connectivity index (χ4v) is 1.31. The molecule has 1 aromatic rings. The number of hydrogen-bond donors (Lipinski definition) is 4. The summed E-state index contributed by atoms with van der Waals surface area (Å²) in [6, 6.07) is 7.33. The Bertz CT molecular complexity index is 302. The molecule has 4 N–H and O–H groups in total. The van der Waals surface area contributed by atoms with Crippen LogP contribution in [0.25, 0.3) is 0 Å². The van der Waals surface area contributed by atoms with Crippen molar-refractivity contribution in [2.45, 2.75) is 19.1 Å². The maximum atomic E-state index is 9.48. The van der Waals surface area contributed by atoms with Gasteiger partial charge >= 0.3 is 0 Å². The van der Waals surface area contributed by atoms with E-state index in [-0.39, 0.29) is 13.2 Å². The Morgan fingerprint density at radius 2 is 1.93 bits per heavy atom. The van der Waals surface area contributed by atoms with Crippen LogP contribution in [-0.2, 0) is 0 Å². The van der Waals surface area contributed by atoms with Crippen molar-refractivity contribution >= 4 is 5.69 Å². The first kappa shape index (κ1) is 12.0. The van der Waals surface area contributed by atoms with Crippen molar-refractivity contribution in [3.63, 3.8) is 0 Å². The Hall–Kier alpha value is -1.10. The van der Waals surface area contributed by atoms with Crippen molar-refractivity contribution in [3.05, 3.63) is 29.8 Å². The molecule has 4 nitrogen and oxygen atoms in total. The summed E-state index contributed by atoms with van der Waals surface area (Å²) in [6.45, 7) is 1.67. The summed E-state index contributed by atoms with van der Waals surface area (Å²) in [5.41, 5.74) is 1.56. The molecule has 0 aliphatic rings. The minimum Gasteiger partial charge on any atom is -0.394 e. The highest BCUT2D eigenvalue weighted by Gasteiger charge is 2.08. The average Bonchev–Trinajstić information content (AvgIpc) is 2.26. The third kappa shape index (κ3) is 3.51. The highest BCUT2D eigenvalue weighted by atomic mass is 16.3. The van der Waals surface area contributed by atoms with Crippen LogP contribution in [0, 0.1) is 0 Å². The molecule has 4 heteroatoms. The second-order valence-corrected chi connectivity index (χ2v) is 3.48. The molecule has 0 saturated carbocycles. The zero-order valence-corrected chi connectivity index (χ0v) is 8.72. The van der Waals surface area contributed by atoms with Gasteiger partial charge in [-0.15, -0.1) is 0 Å². The van der Waals surface area contributed by atoms with E-state index >= 15 is 0 Å². The molecule has 0 radical (unpaired) electrons. The summed E-state index contributed by atoms with van der Waals surface area (Å²) in [5, 5.41) is 30.3. The van der Waals surface area contributed by atoms with E-state index in [9.17, 15) is 10.2 Å². The summed E-state index contributed by atoms with van der Waals surface area (Å²) in [5.74, 6) is 0. The predicted molar refractivity (Wildman–Crippen MR) is 58.7 cm³/mol. The van der Waals surface area contributed by atoms with Crippen LogP contribution in [0.4, 0.5) is 5.69 Å². The molecule has 0 saturated heterocycles. The Balaban J connectivity index is 2.67. The van der Waals surface area contributed by atoms with Crippen LogP contribution in [0.3, 0.4) is 0 Å². The molecule has 1 aromatic carbocycles. The summed E-state index contributed by atoms with van der Waals surface area (Å²) in [4.78, 5) is 0. The van der Waals surface area contributed by atoms with E-state index in [2.05, 4.69) is 5.32 Å². The Morgan fingerprint density at radius 1 is 1.27 bits per heavy atom. The van der Waals surface area contributed by atoms with Crippen LogP contribution in [0.15, 0.2) is 24.3 Å². The van der Waals surface area contributed by atoms with Crippen molar-refractivity contribution in [3.8, 4) is 0 Å². The van der Waals surface area contributed by atoms with E-state index in [4.69, 9.17) is 5.11 Å². The highest BCUT2D eigenvalue weighted by molar-refractivity contribution is 5.52. The van der Waals surface area contributed by atoms with E-state index in [0.29, 0.717) is 0 Å². The second kappa shape index (κ2) is 5.70. The van der Waals surface area contributed by atoms with E-state index in [1.807, 2.05) is 24.3 Å². The van der Waals surface area contributed by atoms with E-state index in [0.717, 1.165) is 11.3 Å². The molecule has 0 heterocycles. The number of para-hydroxylation sites is 1. The maximum absolute atomic E-state index is 9.48. The number of hydrogen-bond acceptors (Lipinski definition) is 4. The van der Waals surface area contributed by atoms with Crippen LogP contribution in [-0.4, -0.2) is 34.6 Å². The zero-order chi connectivity index (χ0) is 11.3. The van der Waals surface area contributed by atoms with Gasteiger partial charge in [0.15, 0.2) is 0 Å². The maximum Gasteiger partial charge on any atom is 0.0942 e. The first-order valence-corrected chi connectivity index (χ1v) is 4.95. The van der Waals surface area contributed by atoms with Gasteiger partial charge in [0.25, 0.3) is 0 Å². The number of nitrogens with one attached hydrogen (secondary N) is 1. The Morgan fingerprint density at radius 3 is 2.53 bits per heavy atom. The second-order valence-electron chi connectivity index (χ2n) is 3.48. The molecule has 15 heavy (non-hydrogen) atoms. The minimum atomic E-state index is -0.785. The van der Waals surface area contributed by atoms with Gasteiger partial charge in [-0.25, -0.2) is 0 Å². The topological polar surface area (TPSA) is 72.7 Å². The molecule has 2 unspecified atom stereocenters. The number of aliphatic hydroxyl groups excluding tert-OH is 3. The molecule has 0 spiro atoms. The normalized spacial score (nSPS) is 14.7. The molecule has 0 fully saturated rings. The lowest BCUT2D eigenvalue weighted by molar-refractivity contribution is 0.105. The third-order valence-corrected chi connectivity index (χ3v) is 2.15. The zero-order valence-electron chi connectivity index (χ0n) is 8.72. The Kier molecular flexibility index (Phi) is 4.55. The van der Waals surface area contributed by atoms with Gasteiger partial charge in [-0.05, 0) is 13.0 Å². The lowest BCUT2D eigenvalue weighted by atomic mass is 10.1. The smallest absolute Gasteiger partial charge is 0.0942 e. The van der Waals surface area contributed by atoms with Crippen LogP contribution in [0.1, 0.15) is 18.6 Å². The van der Waals surface area contributed by atoms with Gasteiger partial charge in [-0.1, -0.05) is 18.2 Å². The largest absolute Gasteiger partial charge is 0.394 e. The van der Waals surface area contributed by atoms with Gasteiger partial charge in [-0.3, -0.25) is 0 Å². The number of benzene rings is 1. The molecular weight excluding hydrogens is 194 g/mol. The quantitative estimate of drug-likeness (QED) is 0.572. The third-order valence-electron chi connectivity index (χ3n) is 2.15. The number of anilines is 1. The van der Waals surface area contributed by atoms with Gasteiger partial charge in [0.1, 0.15) is 0 Å². The average molecular weight is 211 g/mol. The lowest BCUT2D eigenvalue weighted by Gasteiger charge is -2.15. The molecule has 0 aromatic heterocycles. The fourth-order valence-electron chi connectivity index (χ4n) is 1.31. The van der Waals surface area contributed by atoms with E-state index < -0.39 is 12.2 Å².